The number of rotatable bonds is 5. The number of fused-ring (bicyclic) bond motifs is 1. The zero-order valence-corrected chi connectivity index (χ0v) is 18.5. The number of phosphoric ester groups is 1. The van der Waals surface area contributed by atoms with Crippen LogP contribution in [0.3, 0.4) is 0 Å². The molecule has 33 heavy (non-hydrogen) atoms. The molecule has 0 saturated carbocycles. The molecule has 4 N–H and O–H groups in total. The summed E-state index contributed by atoms with van der Waals surface area (Å²) in [6.07, 6.45) is 2.40. The lowest BCUT2D eigenvalue weighted by atomic mass is 9.96. The SMILES string of the molecule is C[C@@]1(O)[C@H](O)[C@@H](COP2(=O)OCCC(c3ccncc3)O2)O[C@H]1n1cnc2c(N)ncnc21. The van der Waals surface area contributed by atoms with E-state index in [2.05, 4.69) is 19.9 Å². The normalized spacial score (nSPS) is 34.6. The molecule has 13 nitrogen and oxygen atoms in total. The number of hydrogen-bond donors (Lipinski definition) is 3. The number of nitrogens with two attached hydrogens (primary N) is 1. The number of pyridine rings is 1. The number of anilines is 1. The summed E-state index contributed by atoms with van der Waals surface area (Å²) in [5.41, 5.74) is 5.54. The van der Waals surface area contributed by atoms with E-state index in [-0.39, 0.29) is 19.0 Å². The van der Waals surface area contributed by atoms with E-state index in [0.29, 0.717) is 17.6 Å². The van der Waals surface area contributed by atoms with Crippen LogP contribution in [0, 0.1) is 0 Å². The lowest BCUT2D eigenvalue weighted by Gasteiger charge is -2.30. The maximum atomic E-state index is 13.0. The molecule has 176 valence electrons. The Morgan fingerprint density at radius 1 is 1.33 bits per heavy atom. The van der Waals surface area contributed by atoms with Gasteiger partial charge < -0.3 is 20.7 Å². The fourth-order valence-electron chi connectivity index (χ4n) is 3.97. The number of aliphatic hydroxyl groups is 2. The van der Waals surface area contributed by atoms with Gasteiger partial charge in [0.05, 0.1) is 25.6 Å². The largest absolute Gasteiger partial charge is 0.475 e. The number of imidazole rings is 1. The minimum absolute atomic E-state index is 0.167. The molecule has 5 heterocycles. The van der Waals surface area contributed by atoms with Gasteiger partial charge in [-0.25, -0.2) is 19.5 Å². The molecule has 2 unspecified atom stereocenters. The van der Waals surface area contributed by atoms with E-state index in [9.17, 15) is 14.8 Å². The van der Waals surface area contributed by atoms with Gasteiger partial charge in [0, 0.05) is 18.8 Å². The van der Waals surface area contributed by atoms with Crippen LogP contribution in [0.25, 0.3) is 11.2 Å². The monoisotopic (exact) mass is 478 g/mol. The zero-order valence-electron chi connectivity index (χ0n) is 17.6. The number of aromatic nitrogens is 5. The van der Waals surface area contributed by atoms with Gasteiger partial charge in [-0.3, -0.25) is 23.1 Å². The average Bonchev–Trinajstić information content (AvgIpc) is 3.33. The van der Waals surface area contributed by atoms with Crippen LogP contribution in [-0.4, -0.2) is 65.7 Å². The van der Waals surface area contributed by atoms with Crippen molar-refractivity contribution in [1.82, 2.24) is 24.5 Å². The number of aliphatic hydroxyl groups excluding tert-OH is 1. The highest BCUT2D eigenvalue weighted by Gasteiger charge is 2.54. The van der Waals surface area contributed by atoms with Gasteiger partial charge in [0.1, 0.15) is 29.7 Å². The molecule has 2 fully saturated rings. The van der Waals surface area contributed by atoms with E-state index in [1.165, 1.54) is 24.1 Å². The fraction of sp³-hybridized carbons (Fsp3) is 0.474. The Kier molecular flexibility index (Phi) is 5.65. The predicted molar refractivity (Wildman–Crippen MR) is 112 cm³/mol. The number of hydrogen-bond acceptors (Lipinski definition) is 12. The van der Waals surface area contributed by atoms with Crippen LogP contribution in [0.4, 0.5) is 5.82 Å². The van der Waals surface area contributed by atoms with Crippen molar-refractivity contribution >= 4 is 24.8 Å². The van der Waals surface area contributed by atoms with Crippen LogP contribution in [-0.2, 0) is 22.9 Å². The molecule has 0 radical (unpaired) electrons. The van der Waals surface area contributed by atoms with E-state index < -0.39 is 38.0 Å². The summed E-state index contributed by atoms with van der Waals surface area (Å²) < 4.78 is 36.7. The Hall–Kier alpha value is -2.51. The van der Waals surface area contributed by atoms with Crippen molar-refractivity contribution in [3.8, 4) is 0 Å². The molecule has 2 aliphatic heterocycles. The highest BCUT2D eigenvalue weighted by Crippen LogP contribution is 2.57. The molecule has 0 bridgehead atoms. The lowest BCUT2D eigenvalue weighted by Crippen LogP contribution is -2.44. The van der Waals surface area contributed by atoms with Crippen molar-refractivity contribution < 1.29 is 33.1 Å². The second kappa shape index (κ2) is 8.37. The molecule has 6 atom stereocenters. The van der Waals surface area contributed by atoms with Crippen molar-refractivity contribution in [3.05, 3.63) is 42.7 Å². The molecule has 0 aliphatic carbocycles. The Labute approximate surface area is 188 Å². The number of nitrogen functional groups attached to an aromatic ring is 1. The van der Waals surface area contributed by atoms with Crippen LogP contribution in [0.5, 0.6) is 0 Å². The van der Waals surface area contributed by atoms with Crippen LogP contribution >= 0.6 is 7.82 Å². The van der Waals surface area contributed by atoms with E-state index in [1.807, 2.05) is 0 Å². The van der Waals surface area contributed by atoms with E-state index in [4.69, 9.17) is 24.0 Å². The summed E-state index contributed by atoms with van der Waals surface area (Å²) in [7, 11) is -3.93. The van der Waals surface area contributed by atoms with Crippen molar-refractivity contribution in [2.45, 2.75) is 43.5 Å². The summed E-state index contributed by atoms with van der Waals surface area (Å²) in [4.78, 5) is 16.2. The molecular formula is C19H23N6O7P. The van der Waals surface area contributed by atoms with Gasteiger partial charge in [0.15, 0.2) is 17.7 Å². The standard InChI is InChI=1S/C19H23N6O7P/c1-19(27)15(26)13(31-18(19)25-10-24-14-16(20)22-9-23-17(14)25)8-30-33(28)29-7-4-12(32-33)11-2-5-21-6-3-11/h2-3,5-6,9-10,12-13,15,18,26-27H,4,7-8H2,1H3,(H2,20,22,23)/t12?,13-,15-,18-,19-,33?/m1/s1. The number of nitrogens with zero attached hydrogens (tertiary/aromatic N) is 5. The van der Waals surface area contributed by atoms with Gasteiger partial charge in [-0.2, -0.15) is 0 Å². The quantitative estimate of drug-likeness (QED) is 0.446. The highest BCUT2D eigenvalue weighted by molar-refractivity contribution is 7.48. The van der Waals surface area contributed by atoms with Crippen molar-refractivity contribution in [2.24, 2.45) is 0 Å². The summed E-state index contributed by atoms with van der Waals surface area (Å²) >= 11 is 0. The molecule has 0 aromatic carbocycles. The molecule has 3 aromatic rings. The Morgan fingerprint density at radius 3 is 2.91 bits per heavy atom. The molecule has 2 saturated heterocycles. The van der Waals surface area contributed by atoms with Gasteiger partial charge in [-0.05, 0) is 24.6 Å². The van der Waals surface area contributed by atoms with Gasteiger partial charge >= 0.3 is 7.82 Å². The van der Waals surface area contributed by atoms with Crippen molar-refractivity contribution in [3.63, 3.8) is 0 Å². The van der Waals surface area contributed by atoms with Gasteiger partial charge in [-0.1, -0.05) is 0 Å². The Bertz CT molecular complexity index is 1190. The summed E-state index contributed by atoms with van der Waals surface area (Å²) in [5, 5.41) is 21.7. The predicted octanol–water partition coefficient (Wildman–Crippen LogP) is 1.12. The third kappa shape index (κ3) is 4.02. The fourth-order valence-corrected chi connectivity index (χ4v) is 5.36. The molecule has 2 aliphatic rings. The topological polar surface area (TPSA) is 177 Å². The smallest absolute Gasteiger partial charge is 0.387 e. The lowest BCUT2D eigenvalue weighted by molar-refractivity contribution is -0.0953. The number of ether oxygens (including phenoxy) is 1. The first kappa shape index (κ1) is 22.3. The van der Waals surface area contributed by atoms with Gasteiger partial charge in [0.2, 0.25) is 0 Å². The first-order valence-corrected chi connectivity index (χ1v) is 11.7. The van der Waals surface area contributed by atoms with Crippen LogP contribution in [0.15, 0.2) is 37.2 Å². The molecular weight excluding hydrogens is 455 g/mol. The Morgan fingerprint density at radius 2 is 2.12 bits per heavy atom. The molecule has 5 rings (SSSR count). The molecule has 0 amide bonds. The first-order valence-electron chi connectivity index (χ1n) is 10.2. The second-order valence-corrected chi connectivity index (χ2v) is 9.64. The van der Waals surface area contributed by atoms with E-state index >= 15 is 0 Å². The van der Waals surface area contributed by atoms with Crippen LogP contribution in [0.2, 0.25) is 0 Å². The highest BCUT2D eigenvalue weighted by atomic mass is 31.2. The molecule has 3 aromatic heterocycles. The Balaban J connectivity index is 1.31. The van der Waals surface area contributed by atoms with Gasteiger partial charge in [0.25, 0.3) is 0 Å². The van der Waals surface area contributed by atoms with E-state index in [1.54, 1.807) is 24.5 Å². The maximum Gasteiger partial charge on any atom is 0.475 e. The molecule has 0 spiro atoms. The molecule has 14 heteroatoms. The third-order valence-electron chi connectivity index (χ3n) is 5.75. The minimum Gasteiger partial charge on any atom is -0.387 e. The minimum atomic E-state index is -3.93. The summed E-state index contributed by atoms with van der Waals surface area (Å²) in [5.74, 6) is 0.172. The van der Waals surface area contributed by atoms with E-state index in [0.717, 1.165) is 5.56 Å². The van der Waals surface area contributed by atoms with Crippen molar-refractivity contribution in [2.75, 3.05) is 18.9 Å². The van der Waals surface area contributed by atoms with Crippen molar-refractivity contribution in [1.29, 1.82) is 0 Å². The van der Waals surface area contributed by atoms with Gasteiger partial charge in [-0.15, -0.1) is 0 Å². The maximum absolute atomic E-state index is 13.0. The average molecular weight is 478 g/mol. The second-order valence-electron chi connectivity index (χ2n) is 8.02. The summed E-state index contributed by atoms with van der Waals surface area (Å²) in [6, 6.07) is 3.52. The van der Waals surface area contributed by atoms with Crippen LogP contribution in [0.1, 0.15) is 31.2 Å². The number of phosphoric acid groups is 1. The first-order chi connectivity index (χ1) is 15.8. The van der Waals surface area contributed by atoms with Crippen LogP contribution < -0.4 is 5.73 Å². The summed E-state index contributed by atoms with van der Waals surface area (Å²) in [6.45, 7) is 1.23. The zero-order chi connectivity index (χ0) is 23.2. The third-order valence-corrected chi connectivity index (χ3v) is 7.23.